The van der Waals surface area contributed by atoms with Gasteiger partial charge in [-0.05, 0) is 37.5 Å². The zero-order valence-electron chi connectivity index (χ0n) is 9.95. The van der Waals surface area contributed by atoms with Gasteiger partial charge in [-0.3, -0.25) is 4.79 Å². The second-order valence-electron chi connectivity index (χ2n) is 4.14. The first-order valence-electron chi connectivity index (χ1n) is 5.77. The Kier molecular flexibility index (Phi) is 6.22. The summed E-state index contributed by atoms with van der Waals surface area (Å²) in [4.78, 5) is 11.6. The smallest absolute Gasteiger partial charge is 0.224 e. The van der Waals surface area contributed by atoms with Gasteiger partial charge in [-0.1, -0.05) is 28.1 Å². The van der Waals surface area contributed by atoms with Crippen LogP contribution in [0.25, 0.3) is 0 Å². The van der Waals surface area contributed by atoms with Crippen molar-refractivity contribution in [1.82, 2.24) is 5.32 Å². The highest BCUT2D eigenvalue weighted by molar-refractivity contribution is 9.10. The van der Waals surface area contributed by atoms with Crippen molar-refractivity contribution in [3.8, 4) is 0 Å². The van der Waals surface area contributed by atoms with Crippen LogP contribution in [0.15, 0.2) is 28.7 Å². The van der Waals surface area contributed by atoms with E-state index in [1.165, 1.54) is 0 Å². The molecule has 4 heteroatoms. The molecule has 1 aromatic rings. The fraction of sp³-hybridized carbons (Fsp3) is 0.462. The number of hydrogen-bond donors (Lipinski definition) is 2. The maximum atomic E-state index is 11.6. The Hall–Kier alpha value is -0.870. The van der Waals surface area contributed by atoms with Crippen LogP contribution in [0.4, 0.5) is 0 Å². The highest BCUT2D eigenvalue weighted by Gasteiger charge is 2.03. The number of amides is 1. The van der Waals surface area contributed by atoms with Crippen molar-refractivity contribution in [3.05, 3.63) is 34.3 Å². The van der Waals surface area contributed by atoms with Gasteiger partial charge < -0.3 is 10.4 Å². The summed E-state index contributed by atoms with van der Waals surface area (Å²) >= 11 is 3.35. The van der Waals surface area contributed by atoms with Crippen LogP contribution in [0.3, 0.4) is 0 Å². The predicted molar refractivity (Wildman–Crippen MR) is 71.8 cm³/mol. The second kappa shape index (κ2) is 7.45. The molecule has 0 bridgehead atoms. The monoisotopic (exact) mass is 299 g/mol. The summed E-state index contributed by atoms with van der Waals surface area (Å²) in [6.07, 6.45) is 1.64. The minimum absolute atomic E-state index is 0.0258. The van der Waals surface area contributed by atoms with Crippen LogP contribution in [-0.2, 0) is 11.2 Å². The number of carbonyl (C=O) groups excluding carboxylic acids is 1. The van der Waals surface area contributed by atoms with Gasteiger partial charge in [0.05, 0.1) is 12.5 Å². The Labute approximate surface area is 110 Å². The largest absolute Gasteiger partial charge is 0.393 e. The molecule has 2 N–H and O–H groups in total. The van der Waals surface area contributed by atoms with Crippen molar-refractivity contribution in [2.24, 2.45) is 0 Å². The van der Waals surface area contributed by atoms with E-state index in [9.17, 15) is 4.79 Å². The summed E-state index contributed by atoms with van der Waals surface area (Å²) < 4.78 is 1.01. The Morgan fingerprint density at radius 2 is 2.06 bits per heavy atom. The third-order valence-electron chi connectivity index (χ3n) is 2.40. The molecule has 1 amide bonds. The summed E-state index contributed by atoms with van der Waals surface area (Å²) in [6.45, 7) is 2.38. The number of benzene rings is 1. The van der Waals surface area contributed by atoms with Gasteiger partial charge in [0.1, 0.15) is 0 Å². The summed E-state index contributed by atoms with van der Waals surface area (Å²) in [6, 6.07) is 7.71. The molecule has 0 aliphatic carbocycles. The number of carbonyl (C=O) groups is 1. The molecule has 0 aliphatic heterocycles. The maximum Gasteiger partial charge on any atom is 0.224 e. The van der Waals surface area contributed by atoms with E-state index in [1.807, 2.05) is 24.3 Å². The highest BCUT2D eigenvalue weighted by atomic mass is 79.9. The normalized spacial score (nSPS) is 12.2. The molecule has 17 heavy (non-hydrogen) atoms. The molecule has 0 aliphatic rings. The van der Waals surface area contributed by atoms with Crippen molar-refractivity contribution >= 4 is 21.8 Å². The fourth-order valence-electron chi connectivity index (χ4n) is 1.48. The zero-order valence-corrected chi connectivity index (χ0v) is 11.5. The molecule has 0 saturated carbocycles. The molecule has 1 unspecified atom stereocenters. The van der Waals surface area contributed by atoms with Gasteiger partial charge in [0.2, 0.25) is 5.91 Å². The number of aliphatic hydroxyl groups excluding tert-OH is 1. The zero-order chi connectivity index (χ0) is 12.7. The van der Waals surface area contributed by atoms with E-state index in [4.69, 9.17) is 5.11 Å². The van der Waals surface area contributed by atoms with Gasteiger partial charge >= 0.3 is 0 Å². The van der Waals surface area contributed by atoms with Crippen LogP contribution in [0.1, 0.15) is 25.3 Å². The quantitative estimate of drug-likeness (QED) is 0.792. The van der Waals surface area contributed by atoms with E-state index in [2.05, 4.69) is 21.2 Å². The number of nitrogens with one attached hydrogen (secondary N) is 1. The number of halogens is 1. The highest BCUT2D eigenvalue weighted by Crippen LogP contribution is 2.10. The number of hydrogen-bond acceptors (Lipinski definition) is 2. The molecular formula is C13H18BrNO2. The van der Waals surface area contributed by atoms with E-state index in [1.54, 1.807) is 6.92 Å². The van der Waals surface area contributed by atoms with Crippen molar-refractivity contribution in [1.29, 1.82) is 0 Å². The molecule has 1 aromatic carbocycles. The molecule has 0 radical (unpaired) electrons. The van der Waals surface area contributed by atoms with Gasteiger partial charge in [-0.25, -0.2) is 0 Å². The van der Waals surface area contributed by atoms with Crippen molar-refractivity contribution < 1.29 is 9.90 Å². The van der Waals surface area contributed by atoms with Gasteiger partial charge in [-0.2, -0.15) is 0 Å². The molecule has 94 valence electrons. The lowest BCUT2D eigenvalue weighted by Crippen LogP contribution is -2.26. The SMILES string of the molecule is CC(O)CCCNC(=O)Cc1ccc(Br)cc1. The van der Waals surface area contributed by atoms with E-state index < -0.39 is 0 Å². The van der Waals surface area contributed by atoms with E-state index in [0.717, 1.165) is 22.9 Å². The number of rotatable bonds is 6. The van der Waals surface area contributed by atoms with Crippen LogP contribution < -0.4 is 5.32 Å². The molecule has 3 nitrogen and oxygen atoms in total. The first kappa shape index (κ1) is 14.2. The van der Waals surface area contributed by atoms with Crippen LogP contribution in [0.2, 0.25) is 0 Å². The lowest BCUT2D eigenvalue weighted by atomic mass is 10.1. The fourth-order valence-corrected chi connectivity index (χ4v) is 1.74. The molecule has 0 saturated heterocycles. The molecule has 0 aromatic heterocycles. The van der Waals surface area contributed by atoms with E-state index in [-0.39, 0.29) is 12.0 Å². The second-order valence-corrected chi connectivity index (χ2v) is 5.06. The Morgan fingerprint density at radius 3 is 2.65 bits per heavy atom. The van der Waals surface area contributed by atoms with Crippen molar-refractivity contribution in [2.45, 2.75) is 32.3 Å². The summed E-state index contributed by atoms with van der Waals surface area (Å²) in [5.74, 6) is 0.0258. The minimum Gasteiger partial charge on any atom is -0.393 e. The van der Waals surface area contributed by atoms with Gasteiger partial charge in [0.25, 0.3) is 0 Å². The summed E-state index contributed by atoms with van der Waals surface area (Å²) in [5.41, 5.74) is 1.00. The van der Waals surface area contributed by atoms with Crippen LogP contribution in [-0.4, -0.2) is 23.7 Å². The van der Waals surface area contributed by atoms with E-state index >= 15 is 0 Å². The summed E-state index contributed by atoms with van der Waals surface area (Å²) in [7, 11) is 0. The van der Waals surface area contributed by atoms with Gasteiger partial charge in [0, 0.05) is 11.0 Å². The molecular weight excluding hydrogens is 282 g/mol. The van der Waals surface area contributed by atoms with Gasteiger partial charge in [0.15, 0.2) is 0 Å². The molecule has 0 spiro atoms. The first-order chi connectivity index (χ1) is 8.08. The van der Waals surface area contributed by atoms with E-state index in [0.29, 0.717) is 13.0 Å². The molecule has 0 heterocycles. The average molecular weight is 300 g/mol. The van der Waals surface area contributed by atoms with Crippen LogP contribution >= 0.6 is 15.9 Å². The van der Waals surface area contributed by atoms with Gasteiger partial charge in [-0.15, -0.1) is 0 Å². The third-order valence-corrected chi connectivity index (χ3v) is 2.93. The lowest BCUT2D eigenvalue weighted by Gasteiger charge is -2.06. The Bertz CT molecular complexity index is 349. The molecule has 0 fully saturated rings. The maximum absolute atomic E-state index is 11.6. The van der Waals surface area contributed by atoms with Crippen LogP contribution in [0, 0.1) is 0 Å². The first-order valence-corrected chi connectivity index (χ1v) is 6.56. The molecule has 1 rings (SSSR count). The Morgan fingerprint density at radius 1 is 1.41 bits per heavy atom. The van der Waals surface area contributed by atoms with Crippen molar-refractivity contribution in [3.63, 3.8) is 0 Å². The Balaban J connectivity index is 2.23. The lowest BCUT2D eigenvalue weighted by molar-refractivity contribution is -0.120. The third kappa shape index (κ3) is 6.44. The average Bonchev–Trinajstić information content (AvgIpc) is 2.27. The topological polar surface area (TPSA) is 49.3 Å². The molecule has 1 atom stereocenters. The predicted octanol–water partition coefficient (Wildman–Crippen LogP) is 2.27. The standard InChI is InChI=1S/C13H18BrNO2/c1-10(16)3-2-8-15-13(17)9-11-4-6-12(14)7-5-11/h4-7,10,16H,2-3,8-9H2,1H3,(H,15,17). The number of aliphatic hydroxyl groups is 1. The van der Waals surface area contributed by atoms with Crippen molar-refractivity contribution in [2.75, 3.05) is 6.54 Å². The summed E-state index contributed by atoms with van der Waals surface area (Å²) in [5, 5.41) is 11.9. The van der Waals surface area contributed by atoms with Crippen LogP contribution in [0.5, 0.6) is 0 Å². The minimum atomic E-state index is -0.293.